The molecule has 3 nitrogen and oxygen atoms in total. The monoisotopic (exact) mass is 326 g/mol. The summed E-state index contributed by atoms with van der Waals surface area (Å²) in [7, 11) is -0.392. The summed E-state index contributed by atoms with van der Waals surface area (Å²) in [6, 6.07) is 17.2. The van der Waals surface area contributed by atoms with E-state index in [2.05, 4.69) is 0 Å². The number of methoxy groups -OCH3 is 1. The average molecular weight is 326 g/mol. The van der Waals surface area contributed by atoms with E-state index in [9.17, 15) is 4.79 Å². The molecule has 2 rings (SSSR count). The zero-order chi connectivity index (χ0) is 16.9. The summed E-state index contributed by atoms with van der Waals surface area (Å²) in [4.78, 5) is 12.7. The molecule has 0 fully saturated rings. The molecule has 0 aliphatic rings. The van der Waals surface area contributed by atoms with E-state index in [0.29, 0.717) is 11.3 Å². The minimum Gasteiger partial charge on any atom is -0.516 e. The van der Waals surface area contributed by atoms with Crippen LogP contribution >= 0.6 is 0 Å². The topological polar surface area (TPSA) is 35.5 Å². The van der Waals surface area contributed by atoms with Gasteiger partial charge in [0.1, 0.15) is 5.75 Å². The summed E-state index contributed by atoms with van der Waals surface area (Å²) >= 11 is 0. The molecular weight excluding hydrogens is 304 g/mol. The standard InChI is InChI=1S/C19H22O3Si/c1-21-18-13-9-8-12-16(18)17(19(20)22-23(2,3)4)14-15-10-6-5-7-11-15/h5-14H,1-4H3/b17-14-. The van der Waals surface area contributed by atoms with Gasteiger partial charge in [0.25, 0.3) is 0 Å². The van der Waals surface area contributed by atoms with Gasteiger partial charge < -0.3 is 9.16 Å². The molecule has 0 radical (unpaired) electrons. The Balaban J connectivity index is 2.52. The minimum atomic E-state index is -1.99. The van der Waals surface area contributed by atoms with Gasteiger partial charge in [-0.25, -0.2) is 4.79 Å². The van der Waals surface area contributed by atoms with Crippen LogP contribution in [-0.2, 0) is 9.22 Å². The van der Waals surface area contributed by atoms with Crippen molar-refractivity contribution in [3.63, 3.8) is 0 Å². The lowest BCUT2D eigenvalue weighted by molar-refractivity contribution is -0.128. The summed E-state index contributed by atoms with van der Waals surface area (Å²) in [6.07, 6.45) is 1.85. The van der Waals surface area contributed by atoms with E-state index in [0.717, 1.165) is 11.1 Å². The Morgan fingerprint density at radius 3 is 2.17 bits per heavy atom. The van der Waals surface area contributed by atoms with Crippen molar-refractivity contribution in [2.75, 3.05) is 7.11 Å². The van der Waals surface area contributed by atoms with E-state index < -0.39 is 8.32 Å². The first kappa shape index (κ1) is 17.0. The van der Waals surface area contributed by atoms with Gasteiger partial charge in [0.05, 0.1) is 12.7 Å². The normalized spacial score (nSPS) is 11.9. The molecule has 0 bridgehead atoms. The van der Waals surface area contributed by atoms with Crippen LogP contribution in [0.4, 0.5) is 0 Å². The predicted molar refractivity (Wildman–Crippen MR) is 96.7 cm³/mol. The Bertz CT molecular complexity index is 700. The number of ether oxygens (including phenoxy) is 1. The maximum atomic E-state index is 12.7. The highest BCUT2D eigenvalue weighted by atomic mass is 28.4. The van der Waals surface area contributed by atoms with Crippen LogP contribution in [0.5, 0.6) is 5.75 Å². The number of hydrogen-bond donors (Lipinski definition) is 0. The Morgan fingerprint density at radius 2 is 1.57 bits per heavy atom. The number of rotatable bonds is 5. The molecule has 0 aliphatic carbocycles. The zero-order valence-electron chi connectivity index (χ0n) is 14.0. The molecule has 23 heavy (non-hydrogen) atoms. The van der Waals surface area contributed by atoms with E-state index in [-0.39, 0.29) is 5.97 Å². The van der Waals surface area contributed by atoms with Crippen LogP contribution < -0.4 is 4.74 Å². The molecule has 0 aromatic heterocycles. The number of benzene rings is 2. The predicted octanol–water partition coefficient (Wildman–Crippen LogP) is 4.61. The van der Waals surface area contributed by atoms with Crippen molar-refractivity contribution in [3.05, 3.63) is 65.7 Å². The molecule has 0 atom stereocenters. The van der Waals surface area contributed by atoms with E-state index >= 15 is 0 Å². The fourth-order valence-corrected chi connectivity index (χ4v) is 2.83. The first-order valence-corrected chi connectivity index (χ1v) is 10.9. The second kappa shape index (κ2) is 7.29. The average Bonchev–Trinajstić information content (AvgIpc) is 2.52. The number of carbonyl (C=O) groups is 1. The van der Waals surface area contributed by atoms with Crippen LogP contribution in [0, 0.1) is 0 Å². The summed E-state index contributed by atoms with van der Waals surface area (Å²) in [5.74, 6) is 0.347. The molecule has 0 unspecified atom stereocenters. The number of carbonyl (C=O) groups excluding carboxylic acids is 1. The highest BCUT2D eigenvalue weighted by Gasteiger charge is 2.24. The van der Waals surface area contributed by atoms with Crippen LogP contribution in [-0.4, -0.2) is 21.4 Å². The molecular formula is C19H22O3Si. The molecule has 0 heterocycles. The van der Waals surface area contributed by atoms with Crippen molar-refractivity contribution in [1.29, 1.82) is 0 Å². The first-order chi connectivity index (χ1) is 10.9. The molecule has 2 aromatic carbocycles. The Labute approximate surface area is 138 Å². The van der Waals surface area contributed by atoms with Crippen molar-refractivity contribution in [2.45, 2.75) is 19.6 Å². The Kier molecular flexibility index (Phi) is 5.39. The third-order valence-corrected chi connectivity index (χ3v) is 3.92. The number of para-hydroxylation sites is 1. The third kappa shape index (κ3) is 4.83. The molecule has 0 aliphatic heterocycles. The van der Waals surface area contributed by atoms with Gasteiger partial charge in [-0.2, -0.15) is 0 Å². The Morgan fingerprint density at radius 1 is 0.957 bits per heavy atom. The lowest BCUT2D eigenvalue weighted by atomic mass is 10.0. The smallest absolute Gasteiger partial charge is 0.325 e. The largest absolute Gasteiger partial charge is 0.516 e. The second-order valence-corrected chi connectivity index (χ2v) is 10.6. The third-order valence-electron chi connectivity index (χ3n) is 3.13. The minimum absolute atomic E-state index is 0.308. The quantitative estimate of drug-likeness (QED) is 0.457. The van der Waals surface area contributed by atoms with Gasteiger partial charge in [-0.1, -0.05) is 48.5 Å². The molecule has 4 heteroatoms. The maximum Gasteiger partial charge on any atom is 0.325 e. The molecule has 0 spiro atoms. The highest BCUT2D eigenvalue weighted by Crippen LogP contribution is 2.29. The molecule has 0 saturated heterocycles. The van der Waals surface area contributed by atoms with Gasteiger partial charge >= 0.3 is 5.97 Å². The summed E-state index contributed by atoms with van der Waals surface area (Å²) in [6.45, 7) is 5.98. The summed E-state index contributed by atoms with van der Waals surface area (Å²) in [5.41, 5.74) is 2.19. The van der Waals surface area contributed by atoms with Gasteiger partial charge in [-0.05, 0) is 37.3 Å². The molecule has 0 amide bonds. The van der Waals surface area contributed by atoms with E-state index in [1.807, 2.05) is 80.3 Å². The maximum absolute atomic E-state index is 12.7. The fraction of sp³-hybridized carbons (Fsp3) is 0.211. The lowest BCUT2D eigenvalue weighted by Crippen LogP contribution is -2.29. The SMILES string of the molecule is COc1ccccc1/C(=C/c1ccccc1)C(=O)O[Si](C)(C)C. The van der Waals surface area contributed by atoms with Gasteiger partial charge in [0, 0.05) is 5.56 Å². The van der Waals surface area contributed by atoms with E-state index in [4.69, 9.17) is 9.16 Å². The van der Waals surface area contributed by atoms with Crippen LogP contribution in [0.15, 0.2) is 54.6 Å². The van der Waals surface area contributed by atoms with Crippen molar-refractivity contribution >= 4 is 25.9 Å². The summed E-state index contributed by atoms with van der Waals surface area (Å²) < 4.78 is 11.1. The van der Waals surface area contributed by atoms with Crippen LogP contribution in [0.1, 0.15) is 11.1 Å². The fourth-order valence-electron chi connectivity index (χ4n) is 2.16. The molecule has 120 valence electrons. The lowest BCUT2D eigenvalue weighted by Gasteiger charge is -2.20. The first-order valence-electron chi connectivity index (χ1n) is 7.54. The summed E-state index contributed by atoms with van der Waals surface area (Å²) in [5, 5.41) is 0. The highest BCUT2D eigenvalue weighted by molar-refractivity contribution is 6.72. The van der Waals surface area contributed by atoms with Crippen molar-refractivity contribution in [1.82, 2.24) is 0 Å². The van der Waals surface area contributed by atoms with Gasteiger partial charge in [-0.15, -0.1) is 0 Å². The van der Waals surface area contributed by atoms with Gasteiger partial charge in [0.2, 0.25) is 8.32 Å². The molecule has 0 N–H and O–H groups in total. The van der Waals surface area contributed by atoms with Gasteiger partial charge in [0.15, 0.2) is 0 Å². The van der Waals surface area contributed by atoms with E-state index in [1.54, 1.807) is 7.11 Å². The zero-order valence-corrected chi connectivity index (χ0v) is 15.0. The van der Waals surface area contributed by atoms with Crippen LogP contribution in [0.25, 0.3) is 11.6 Å². The molecule has 0 saturated carbocycles. The van der Waals surface area contributed by atoms with Crippen molar-refractivity contribution in [3.8, 4) is 5.75 Å². The Hall–Kier alpha value is -2.33. The van der Waals surface area contributed by atoms with E-state index in [1.165, 1.54) is 0 Å². The van der Waals surface area contributed by atoms with Gasteiger partial charge in [-0.3, -0.25) is 0 Å². The molecule has 2 aromatic rings. The van der Waals surface area contributed by atoms with Crippen LogP contribution in [0.2, 0.25) is 19.6 Å². The van der Waals surface area contributed by atoms with Crippen molar-refractivity contribution < 1.29 is 14.0 Å². The van der Waals surface area contributed by atoms with Crippen molar-refractivity contribution in [2.24, 2.45) is 0 Å². The second-order valence-electron chi connectivity index (χ2n) is 6.17. The van der Waals surface area contributed by atoms with Crippen LogP contribution in [0.3, 0.4) is 0 Å². The number of hydrogen-bond acceptors (Lipinski definition) is 3.